The van der Waals surface area contributed by atoms with Crippen LogP contribution in [0.15, 0.2) is 17.7 Å². The van der Waals surface area contributed by atoms with E-state index in [0.717, 1.165) is 11.3 Å². The van der Waals surface area contributed by atoms with Crippen molar-refractivity contribution in [3.8, 4) is 0 Å². The lowest BCUT2D eigenvalue weighted by Gasteiger charge is -2.12. The zero-order chi connectivity index (χ0) is 14.4. The highest BCUT2D eigenvalue weighted by atomic mass is 35.5. The van der Waals surface area contributed by atoms with E-state index < -0.39 is 0 Å². The van der Waals surface area contributed by atoms with E-state index in [1.165, 1.54) is 54.0 Å². The third-order valence-corrected chi connectivity index (χ3v) is 3.43. The van der Waals surface area contributed by atoms with Gasteiger partial charge in [-0.05, 0) is 73.9 Å². The third kappa shape index (κ3) is 3.81. The number of halogens is 1. The van der Waals surface area contributed by atoms with Gasteiger partial charge >= 0.3 is 0 Å². The first-order valence-corrected chi connectivity index (χ1v) is 6.94. The highest BCUT2D eigenvalue weighted by Gasteiger charge is 2.16. The molecule has 1 aliphatic rings. The topological polar surface area (TPSA) is 17.1 Å². The number of benzene rings is 1. The smallest absolute Gasteiger partial charge is 0.116 e. The summed E-state index contributed by atoms with van der Waals surface area (Å²) < 4.78 is 0. The van der Waals surface area contributed by atoms with Crippen LogP contribution < -0.4 is 0 Å². The second kappa shape index (κ2) is 7.30. The maximum Gasteiger partial charge on any atom is 0.116 e. The number of aldehydes is 1. The molecule has 1 nitrogen and oxygen atoms in total. The Bertz CT molecular complexity index is 508. The molecule has 1 aromatic rings. The van der Waals surface area contributed by atoms with Crippen LogP contribution >= 0.6 is 11.6 Å². The van der Waals surface area contributed by atoms with Gasteiger partial charge in [0.1, 0.15) is 6.29 Å². The molecule has 0 amide bonds. The first-order chi connectivity index (χ1) is 9.04. The lowest BCUT2D eigenvalue weighted by atomic mass is 9.93. The van der Waals surface area contributed by atoms with Gasteiger partial charge < -0.3 is 4.79 Å². The maximum atomic E-state index is 8.81. The Morgan fingerprint density at radius 1 is 1.42 bits per heavy atom. The Labute approximate surface area is 121 Å². The van der Waals surface area contributed by atoms with Crippen molar-refractivity contribution in [1.29, 1.82) is 0 Å². The quantitative estimate of drug-likeness (QED) is 0.700. The van der Waals surface area contributed by atoms with Crippen molar-refractivity contribution in [2.75, 3.05) is 0 Å². The number of carbonyl (C=O) groups is 1. The van der Waals surface area contributed by atoms with Gasteiger partial charge in [0.25, 0.3) is 0 Å². The first kappa shape index (κ1) is 15.7. The number of allylic oxidation sites excluding steroid dienone is 1. The van der Waals surface area contributed by atoms with E-state index in [9.17, 15) is 0 Å². The van der Waals surface area contributed by atoms with Crippen molar-refractivity contribution in [3.63, 3.8) is 0 Å². The third-order valence-electron chi connectivity index (χ3n) is 3.32. The summed E-state index contributed by atoms with van der Waals surface area (Å²) in [5.41, 5.74) is 6.85. The molecule has 0 saturated carbocycles. The van der Waals surface area contributed by atoms with Crippen molar-refractivity contribution in [1.82, 2.24) is 0 Å². The van der Waals surface area contributed by atoms with Gasteiger partial charge in [0.2, 0.25) is 0 Å². The van der Waals surface area contributed by atoms with Crippen molar-refractivity contribution in [2.24, 2.45) is 0 Å². The molecule has 0 fully saturated rings. The van der Waals surface area contributed by atoms with Crippen LogP contribution in [0.5, 0.6) is 0 Å². The van der Waals surface area contributed by atoms with Gasteiger partial charge in [0.05, 0.1) is 0 Å². The van der Waals surface area contributed by atoms with Crippen molar-refractivity contribution >= 4 is 30.0 Å². The van der Waals surface area contributed by atoms with Gasteiger partial charge in [-0.2, -0.15) is 0 Å². The molecule has 0 heterocycles. The Kier molecular flexibility index (Phi) is 6.04. The zero-order valence-corrected chi connectivity index (χ0v) is 12.7. The molecule has 19 heavy (non-hydrogen) atoms. The molecule has 2 heteroatoms. The summed E-state index contributed by atoms with van der Waals surface area (Å²) in [6.07, 6.45) is 8.42. The van der Waals surface area contributed by atoms with Gasteiger partial charge in [-0.1, -0.05) is 30.3 Å². The second-order valence-corrected chi connectivity index (χ2v) is 5.26. The highest BCUT2D eigenvalue weighted by molar-refractivity contribution is 6.31. The van der Waals surface area contributed by atoms with Crippen LogP contribution in [0, 0.1) is 6.92 Å². The van der Waals surface area contributed by atoms with Gasteiger partial charge in [-0.3, -0.25) is 0 Å². The van der Waals surface area contributed by atoms with Gasteiger partial charge in [-0.25, -0.2) is 0 Å². The molecule has 0 bridgehead atoms. The summed E-state index contributed by atoms with van der Waals surface area (Å²) in [6.45, 7) is 9.45. The largest absolute Gasteiger partial charge is 0.304 e. The molecule has 0 aliphatic heterocycles. The fraction of sp³-hybridized carbons (Fsp3) is 0.353. The molecule has 0 unspecified atom stereocenters. The first-order valence-electron chi connectivity index (χ1n) is 6.56. The number of hydrogen-bond donors (Lipinski definition) is 0. The van der Waals surface area contributed by atoms with E-state index in [2.05, 4.69) is 19.6 Å². The summed E-state index contributed by atoms with van der Waals surface area (Å²) in [5, 5.41) is 0.823. The lowest BCUT2D eigenvalue weighted by Crippen LogP contribution is -1.95. The number of aryl methyl sites for hydroxylation is 1. The predicted molar refractivity (Wildman–Crippen MR) is 84.5 cm³/mol. The highest BCUT2D eigenvalue weighted by Crippen LogP contribution is 2.32. The van der Waals surface area contributed by atoms with E-state index in [4.69, 9.17) is 16.4 Å². The minimum atomic E-state index is 0.750. The van der Waals surface area contributed by atoms with E-state index >= 15 is 0 Å². The molecule has 0 aromatic heterocycles. The predicted octanol–water partition coefficient (Wildman–Crippen LogP) is 4.93. The Morgan fingerprint density at radius 2 is 2.05 bits per heavy atom. The fourth-order valence-corrected chi connectivity index (χ4v) is 2.67. The Balaban J connectivity index is 0.000000550. The Morgan fingerprint density at radius 3 is 2.58 bits per heavy atom. The summed E-state index contributed by atoms with van der Waals surface area (Å²) >= 11 is 5.99. The van der Waals surface area contributed by atoms with Crippen LogP contribution in [0.25, 0.3) is 12.2 Å². The average Bonchev–Trinajstić information content (AvgIpc) is 2.81. The lowest BCUT2D eigenvalue weighted by molar-refractivity contribution is -0.106. The minimum Gasteiger partial charge on any atom is -0.304 e. The van der Waals surface area contributed by atoms with Gasteiger partial charge in [-0.15, -0.1) is 0 Å². The Hall–Kier alpha value is -1.34. The number of rotatable bonds is 2. The zero-order valence-electron chi connectivity index (χ0n) is 11.9. The maximum absolute atomic E-state index is 8.81. The molecule has 2 rings (SSSR count). The molecule has 0 spiro atoms. The van der Waals surface area contributed by atoms with E-state index in [-0.39, 0.29) is 0 Å². The monoisotopic (exact) mass is 276 g/mol. The summed E-state index contributed by atoms with van der Waals surface area (Å²) in [5.74, 6) is 0. The summed E-state index contributed by atoms with van der Waals surface area (Å²) in [6, 6.07) is 2.27. The van der Waals surface area contributed by atoms with E-state index in [1.54, 1.807) is 0 Å². The van der Waals surface area contributed by atoms with Crippen LogP contribution in [0.1, 0.15) is 48.1 Å². The second-order valence-electron chi connectivity index (χ2n) is 4.67. The van der Waals surface area contributed by atoms with Gasteiger partial charge in [0, 0.05) is 5.03 Å². The van der Waals surface area contributed by atoms with Gasteiger partial charge in [0.15, 0.2) is 0 Å². The van der Waals surface area contributed by atoms with Crippen molar-refractivity contribution in [2.45, 2.75) is 40.0 Å². The summed E-state index contributed by atoms with van der Waals surface area (Å²) in [7, 11) is 0. The molecule has 0 saturated heterocycles. The summed E-state index contributed by atoms with van der Waals surface area (Å²) in [4.78, 5) is 8.81. The van der Waals surface area contributed by atoms with E-state index in [0.29, 0.717) is 0 Å². The number of carbonyl (C=O) groups excluding carboxylic acids is 1. The molecule has 0 N–H and O–H groups in total. The molecule has 1 aromatic carbocycles. The van der Waals surface area contributed by atoms with Crippen molar-refractivity contribution < 1.29 is 4.79 Å². The number of hydrogen-bond acceptors (Lipinski definition) is 1. The van der Waals surface area contributed by atoms with Crippen LogP contribution in [0.4, 0.5) is 0 Å². The van der Waals surface area contributed by atoms with Crippen molar-refractivity contribution in [3.05, 3.63) is 45.5 Å². The molecular weight excluding hydrogens is 256 g/mol. The van der Waals surface area contributed by atoms with Crippen LogP contribution in [-0.4, -0.2) is 6.29 Å². The average molecular weight is 277 g/mol. The van der Waals surface area contributed by atoms with Crippen LogP contribution in [-0.2, 0) is 17.6 Å². The SMILES string of the molecule is C=Cc1cc2c(c(C)c1/C=C(\C)Cl)CCC2.CC=O. The molecule has 102 valence electrons. The molecule has 1 aliphatic carbocycles. The molecule has 0 atom stereocenters. The fourth-order valence-electron chi connectivity index (χ4n) is 2.56. The minimum absolute atomic E-state index is 0.750. The normalized spacial score (nSPS) is 13.4. The molecule has 0 radical (unpaired) electrons. The molecular formula is C17H21ClO. The van der Waals surface area contributed by atoms with Crippen LogP contribution in [0.2, 0.25) is 0 Å². The van der Waals surface area contributed by atoms with Crippen LogP contribution in [0.3, 0.4) is 0 Å². The van der Waals surface area contributed by atoms with E-state index in [1.807, 2.05) is 19.1 Å². The standard InChI is InChI=1S/C15H17Cl.C2H4O/c1-4-12-9-13-6-5-7-14(13)11(3)15(12)8-10(2)16;1-2-3/h4,8-9H,1,5-7H2,2-3H3;2H,1H3/b10-8+;. The number of fused-ring (bicyclic) bond motifs is 1.